The van der Waals surface area contributed by atoms with Crippen molar-refractivity contribution in [1.29, 1.82) is 0 Å². The molecule has 0 aliphatic heterocycles. The second-order valence-corrected chi connectivity index (χ2v) is 8.00. The minimum Gasteiger partial charge on any atom is -0.507 e. The Morgan fingerprint density at radius 1 is 1.05 bits per heavy atom. The van der Waals surface area contributed by atoms with Gasteiger partial charge in [0.25, 0.3) is 0 Å². The van der Waals surface area contributed by atoms with Crippen LogP contribution in [0.1, 0.15) is 77.1 Å². The van der Waals surface area contributed by atoms with E-state index in [9.17, 15) is 5.11 Å². The molecule has 3 nitrogen and oxygen atoms in total. The van der Waals surface area contributed by atoms with Crippen molar-refractivity contribution < 1.29 is 5.11 Å². The van der Waals surface area contributed by atoms with Gasteiger partial charge in [-0.3, -0.25) is 0 Å². The minimum atomic E-state index is -0.169. The molecule has 0 saturated carbocycles. The van der Waals surface area contributed by atoms with E-state index in [1.807, 2.05) is 0 Å². The number of rotatable bonds is 4. The van der Waals surface area contributed by atoms with Crippen molar-refractivity contribution in [3.8, 4) is 5.75 Å². The van der Waals surface area contributed by atoms with Gasteiger partial charge in [0, 0.05) is 11.6 Å². The van der Waals surface area contributed by atoms with E-state index in [0.717, 1.165) is 24.0 Å². The maximum Gasteiger partial charge on any atom is 0.124 e. The van der Waals surface area contributed by atoms with Crippen LogP contribution in [0.25, 0.3) is 0 Å². The fraction of sp³-hybridized carbons (Fsp3) is 0.667. The normalized spacial score (nSPS) is 14.3. The van der Waals surface area contributed by atoms with Crippen LogP contribution in [0.5, 0.6) is 5.75 Å². The quantitative estimate of drug-likeness (QED) is 0.792. The molecule has 0 aliphatic carbocycles. The van der Waals surface area contributed by atoms with E-state index < -0.39 is 0 Å². The molecule has 1 aromatic rings. The lowest BCUT2D eigenvalue weighted by atomic mass is 9.78. The van der Waals surface area contributed by atoms with Crippen molar-refractivity contribution in [1.82, 2.24) is 0 Å². The van der Waals surface area contributed by atoms with Gasteiger partial charge in [0.1, 0.15) is 5.75 Å². The maximum absolute atomic E-state index is 10.7. The maximum atomic E-state index is 10.7. The molecular weight excluding hydrogens is 260 g/mol. The zero-order chi connectivity index (χ0) is 16.4. The average Bonchev–Trinajstić information content (AvgIpc) is 2.33. The van der Waals surface area contributed by atoms with E-state index in [4.69, 9.17) is 11.5 Å². The van der Waals surface area contributed by atoms with Gasteiger partial charge in [0.05, 0.1) is 0 Å². The Balaban J connectivity index is 3.42. The highest BCUT2D eigenvalue weighted by atomic mass is 16.3. The number of phenolic OH excluding ortho intramolecular Hbond substituents is 1. The van der Waals surface area contributed by atoms with Gasteiger partial charge in [-0.1, -0.05) is 47.6 Å². The minimum absolute atomic E-state index is 0.0238. The second kappa shape index (κ2) is 6.37. The van der Waals surface area contributed by atoms with Crippen molar-refractivity contribution in [3.05, 3.63) is 28.8 Å². The Labute approximate surface area is 129 Å². The predicted octanol–water partition coefficient (Wildman–Crippen LogP) is 3.73. The molecule has 1 atom stereocenters. The molecule has 3 heteroatoms. The van der Waals surface area contributed by atoms with E-state index in [1.54, 1.807) is 0 Å². The number of aromatic hydroxyl groups is 1. The summed E-state index contributed by atoms with van der Waals surface area (Å²) in [7, 11) is 0. The van der Waals surface area contributed by atoms with Gasteiger partial charge < -0.3 is 16.6 Å². The van der Waals surface area contributed by atoms with Gasteiger partial charge >= 0.3 is 0 Å². The van der Waals surface area contributed by atoms with Gasteiger partial charge in [0.2, 0.25) is 0 Å². The van der Waals surface area contributed by atoms with Gasteiger partial charge in [-0.25, -0.2) is 0 Å². The van der Waals surface area contributed by atoms with Crippen LogP contribution in [0, 0.1) is 0 Å². The van der Waals surface area contributed by atoms with Crippen molar-refractivity contribution >= 4 is 0 Å². The molecule has 0 unspecified atom stereocenters. The van der Waals surface area contributed by atoms with E-state index in [2.05, 4.69) is 53.7 Å². The highest BCUT2D eigenvalue weighted by Gasteiger charge is 2.26. The van der Waals surface area contributed by atoms with E-state index in [1.165, 1.54) is 5.56 Å². The Bertz CT molecular complexity index is 481. The first kappa shape index (κ1) is 18.0. The van der Waals surface area contributed by atoms with E-state index in [0.29, 0.717) is 12.3 Å². The molecule has 0 amide bonds. The summed E-state index contributed by atoms with van der Waals surface area (Å²) in [6, 6.07) is 4.01. The molecule has 0 saturated heterocycles. The van der Waals surface area contributed by atoms with Gasteiger partial charge in [-0.2, -0.15) is 0 Å². The van der Waals surface area contributed by atoms with Gasteiger partial charge in [0.15, 0.2) is 0 Å². The second-order valence-electron chi connectivity index (χ2n) is 8.00. The zero-order valence-corrected chi connectivity index (χ0v) is 14.5. The first-order valence-corrected chi connectivity index (χ1v) is 7.82. The highest BCUT2D eigenvalue weighted by molar-refractivity contribution is 5.49. The number of nitrogens with two attached hydrogens (primary N) is 2. The number of hydrogen-bond donors (Lipinski definition) is 3. The first-order chi connectivity index (χ1) is 9.48. The molecule has 1 rings (SSSR count). The average molecular weight is 292 g/mol. The van der Waals surface area contributed by atoms with Crippen LogP contribution >= 0.6 is 0 Å². The lowest BCUT2D eigenvalue weighted by molar-refractivity contribution is 0.429. The van der Waals surface area contributed by atoms with Crippen LogP contribution in [0.15, 0.2) is 12.1 Å². The SMILES string of the molecule is CC(C)(C)c1cc([C@@H](N)CCCN)c(O)c(C(C)(C)C)c1. The molecular formula is C18H32N2O. The number of phenols is 1. The molecule has 5 N–H and O–H groups in total. The van der Waals surface area contributed by atoms with Crippen LogP contribution < -0.4 is 11.5 Å². The molecule has 0 heterocycles. The molecule has 0 fully saturated rings. The summed E-state index contributed by atoms with van der Waals surface area (Å²) >= 11 is 0. The van der Waals surface area contributed by atoms with Crippen molar-refractivity contribution in [2.75, 3.05) is 6.54 Å². The van der Waals surface area contributed by atoms with Crippen LogP contribution in [-0.2, 0) is 10.8 Å². The third-order valence-corrected chi connectivity index (χ3v) is 3.93. The van der Waals surface area contributed by atoms with E-state index >= 15 is 0 Å². The standard InChI is InChI=1S/C18H32N2O/c1-17(2,3)12-10-13(15(20)8-7-9-19)16(21)14(11-12)18(4,5)6/h10-11,15,21H,7-9,19-20H2,1-6H3/t15-/m0/s1. The topological polar surface area (TPSA) is 72.3 Å². The molecule has 21 heavy (non-hydrogen) atoms. The Kier molecular flexibility index (Phi) is 5.46. The fourth-order valence-electron chi connectivity index (χ4n) is 2.44. The molecule has 0 bridgehead atoms. The summed E-state index contributed by atoms with van der Waals surface area (Å²) in [5.74, 6) is 0.347. The van der Waals surface area contributed by atoms with Gasteiger partial charge in [-0.15, -0.1) is 0 Å². The lowest BCUT2D eigenvalue weighted by Gasteiger charge is -2.29. The fourth-order valence-corrected chi connectivity index (χ4v) is 2.44. The van der Waals surface area contributed by atoms with Gasteiger partial charge in [-0.05, 0) is 47.4 Å². The summed E-state index contributed by atoms with van der Waals surface area (Å²) in [5, 5.41) is 10.7. The number of benzene rings is 1. The Morgan fingerprint density at radius 3 is 2.05 bits per heavy atom. The van der Waals surface area contributed by atoms with Crippen LogP contribution in [0.2, 0.25) is 0 Å². The largest absolute Gasteiger partial charge is 0.507 e. The van der Waals surface area contributed by atoms with Crippen LogP contribution in [-0.4, -0.2) is 11.7 Å². The highest BCUT2D eigenvalue weighted by Crippen LogP contribution is 2.40. The summed E-state index contributed by atoms with van der Waals surface area (Å²) in [5.41, 5.74) is 14.8. The molecule has 0 spiro atoms. The van der Waals surface area contributed by atoms with Crippen LogP contribution in [0.3, 0.4) is 0 Å². The third-order valence-electron chi connectivity index (χ3n) is 3.93. The molecule has 0 aromatic heterocycles. The zero-order valence-electron chi connectivity index (χ0n) is 14.5. The molecule has 0 aliphatic rings. The molecule has 0 radical (unpaired) electrons. The number of hydrogen-bond acceptors (Lipinski definition) is 3. The molecule has 120 valence electrons. The van der Waals surface area contributed by atoms with Crippen LogP contribution in [0.4, 0.5) is 0 Å². The summed E-state index contributed by atoms with van der Waals surface area (Å²) in [6.07, 6.45) is 1.66. The predicted molar refractivity (Wildman–Crippen MR) is 90.7 cm³/mol. The van der Waals surface area contributed by atoms with Crippen molar-refractivity contribution in [2.24, 2.45) is 11.5 Å². The van der Waals surface area contributed by atoms with Crippen molar-refractivity contribution in [3.63, 3.8) is 0 Å². The monoisotopic (exact) mass is 292 g/mol. The molecule has 1 aromatic carbocycles. The van der Waals surface area contributed by atoms with E-state index in [-0.39, 0.29) is 16.9 Å². The smallest absolute Gasteiger partial charge is 0.124 e. The summed E-state index contributed by atoms with van der Waals surface area (Å²) in [6.45, 7) is 13.5. The first-order valence-electron chi connectivity index (χ1n) is 7.82. The lowest BCUT2D eigenvalue weighted by Crippen LogP contribution is -2.20. The summed E-state index contributed by atoms with van der Waals surface area (Å²) < 4.78 is 0. The summed E-state index contributed by atoms with van der Waals surface area (Å²) in [4.78, 5) is 0. The van der Waals surface area contributed by atoms with Crippen molar-refractivity contribution in [2.45, 2.75) is 71.3 Å². The Hall–Kier alpha value is -1.06. The Morgan fingerprint density at radius 2 is 1.62 bits per heavy atom. The third kappa shape index (κ3) is 4.45.